The molecule has 2 rings (SSSR count). The first-order chi connectivity index (χ1) is 12.2. The number of hydrogen-bond acceptors (Lipinski definition) is 3. The minimum Gasteiger partial charge on any atom is -0.378 e. The molecule has 0 aliphatic carbocycles. The highest BCUT2D eigenvalue weighted by Gasteiger charge is 2.31. The van der Waals surface area contributed by atoms with E-state index in [4.69, 9.17) is 5.73 Å². The van der Waals surface area contributed by atoms with Gasteiger partial charge in [-0.1, -0.05) is 42.5 Å². The number of aliphatic hydroxyl groups excluding tert-OH is 1. The molecule has 0 heterocycles. The molecule has 138 valence electrons. The van der Waals surface area contributed by atoms with Crippen LogP contribution in [0.2, 0.25) is 0 Å². The van der Waals surface area contributed by atoms with Crippen molar-refractivity contribution in [2.24, 2.45) is 5.73 Å². The van der Waals surface area contributed by atoms with Crippen molar-refractivity contribution in [2.45, 2.75) is 24.7 Å². The number of primary amides is 1. The summed E-state index contributed by atoms with van der Waals surface area (Å²) in [5.74, 6) is -1.72. The topological polar surface area (TPSA) is 92.4 Å². The van der Waals surface area contributed by atoms with Gasteiger partial charge in [-0.15, -0.1) is 0 Å². The summed E-state index contributed by atoms with van der Waals surface area (Å²) in [7, 11) is 0. The highest BCUT2D eigenvalue weighted by molar-refractivity contribution is 5.89. The molecule has 4 N–H and O–H groups in total. The molecule has 5 nitrogen and oxygen atoms in total. The normalized spacial score (nSPS) is 13.7. The molecule has 0 saturated carbocycles. The number of rotatable bonds is 6. The average molecular weight is 366 g/mol. The third-order valence-corrected chi connectivity index (χ3v) is 3.74. The number of nitrogens with one attached hydrogen (secondary N) is 1. The number of hydrogen-bond donors (Lipinski definition) is 3. The summed E-state index contributed by atoms with van der Waals surface area (Å²) >= 11 is 0. The van der Waals surface area contributed by atoms with Crippen LogP contribution in [0.4, 0.5) is 13.2 Å². The molecule has 0 spiro atoms. The molecule has 0 aliphatic heterocycles. The van der Waals surface area contributed by atoms with E-state index < -0.39 is 35.7 Å². The van der Waals surface area contributed by atoms with Gasteiger partial charge in [-0.3, -0.25) is 9.59 Å². The number of aliphatic hydroxyl groups is 1. The second kappa shape index (κ2) is 8.01. The average Bonchev–Trinajstić information content (AvgIpc) is 2.60. The molecule has 0 bridgehead atoms. The van der Waals surface area contributed by atoms with Crippen molar-refractivity contribution >= 4 is 11.8 Å². The Bertz CT molecular complexity index is 762. The highest BCUT2D eigenvalue weighted by atomic mass is 19.4. The number of alkyl halides is 3. The summed E-state index contributed by atoms with van der Waals surface area (Å²) in [6.07, 6.45) is -6.12. The quantitative estimate of drug-likeness (QED) is 0.730. The van der Waals surface area contributed by atoms with Gasteiger partial charge in [0.2, 0.25) is 5.91 Å². The van der Waals surface area contributed by atoms with Crippen LogP contribution in [-0.2, 0) is 22.2 Å². The predicted octanol–water partition coefficient (Wildman–Crippen LogP) is 1.95. The molecule has 2 amide bonds. The fourth-order valence-corrected chi connectivity index (χ4v) is 2.33. The second-order valence-corrected chi connectivity index (χ2v) is 5.68. The molecule has 2 atom stereocenters. The molecule has 0 fully saturated rings. The zero-order valence-corrected chi connectivity index (χ0v) is 13.5. The van der Waals surface area contributed by atoms with Crippen molar-refractivity contribution < 1.29 is 27.9 Å². The van der Waals surface area contributed by atoms with Crippen LogP contribution >= 0.6 is 0 Å². The number of benzene rings is 2. The van der Waals surface area contributed by atoms with Gasteiger partial charge in [0.15, 0.2) is 6.10 Å². The maximum absolute atomic E-state index is 12.6. The van der Waals surface area contributed by atoms with E-state index in [2.05, 4.69) is 5.32 Å². The Kier molecular flexibility index (Phi) is 5.99. The van der Waals surface area contributed by atoms with Crippen LogP contribution in [-0.4, -0.2) is 23.0 Å². The van der Waals surface area contributed by atoms with Gasteiger partial charge < -0.3 is 16.2 Å². The van der Waals surface area contributed by atoms with E-state index in [1.165, 1.54) is 0 Å². The van der Waals surface area contributed by atoms with E-state index in [9.17, 15) is 27.9 Å². The Morgan fingerprint density at radius 3 is 2.12 bits per heavy atom. The third kappa shape index (κ3) is 5.06. The van der Waals surface area contributed by atoms with Crippen LogP contribution in [0.25, 0.3) is 0 Å². The fourth-order valence-electron chi connectivity index (χ4n) is 2.33. The molecule has 0 aromatic heterocycles. The van der Waals surface area contributed by atoms with Crippen LogP contribution in [0.5, 0.6) is 0 Å². The summed E-state index contributed by atoms with van der Waals surface area (Å²) in [6.45, 7) is 0. The lowest BCUT2D eigenvalue weighted by Gasteiger charge is -2.18. The zero-order chi connectivity index (χ0) is 19.3. The zero-order valence-electron chi connectivity index (χ0n) is 13.5. The molecule has 8 heteroatoms. The summed E-state index contributed by atoms with van der Waals surface area (Å²) in [4.78, 5) is 23.7. The SMILES string of the molecule is NC(=O)[C@H](Cc1ccccc1)NC(=O)[C@H](O)c1ccc(C(F)(F)F)cc1. The molecular weight excluding hydrogens is 349 g/mol. The van der Waals surface area contributed by atoms with Gasteiger partial charge in [-0.05, 0) is 23.3 Å². The van der Waals surface area contributed by atoms with Gasteiger partial charge in [-0.25, -0.2) is 0 Å². The van der Waals surface area contributed by atoms with Gasteiger partial charge in [0.1, 0.15) is 6.04 Å². The van der Waals surface area contributed by atoms with Gasteiger partial charge in [-0.2, -0.15) is 13.2 Å². The molecule has 0 saturated heterocycles. The molecule has 2 aromatic carbocycles. The van der Waals surface area contributed by atoms with E-state index >= 15 is 0 Å². The maximum Gasteiger partial charge on any atom is 0.416 e. The predicted molar refractivity (Wildman–Crippen MR) is 87.7 cm³/mol. The number of halogens is 3. The van der Waals surface area contributed by atoms with E-state index in [0.29, 0.717) is 0 Å². The lowest BCUT2D eigenvalue weighted by Crippen LogP contribution is -2.47. The molecule has 0 unspecified atom stereocenters. The van der Waals surface area contributed by atoms with E-state index in [-0.39, 0.29) is 12.0 Å². The van der Waals surface area contributed by atoms with Crippen molar-refractivity contribution in [2.75, 3.05) is 0 Å². The lowest BCUT2D eigenvalue weighted by molar-refractivity contribution is -0.137. The number of nitrogens with two attached hydrogens (primary N) is 1. The van der Waals surface area contributed by atoms with Crippen molar-refractivity contribution in [3.63, 3.8) is 0 Å². The number of carbonyl (C=O) groups is 2. The van der Waals surface area contributed by atoms with E-state index in [1.807, 2.05) is 0 Å². The summed E-state index contributed by atoms with van der Waals surface area (Å²) < 4.78 is 37.7. The van der Waals surface area contributed by atoms with Crippen LogP contribution in [0.15, 0.2) is 54.6 Å². The standard InChI is InChI=1S/C18H17F3N2O3/c19-18(20,21)13-8-6-12(7-9-13)15(24)17(26)23-14(16(22)25)10-11-4-2-1-3-5-11/h1-9,14-15,24H,10H2,(H2,22,25)(H,23,26)/t14-,15+/m0/s1. The van der Waals surface area contributed by atoms with E-state index in [0.717, 1.165) is 29.8 Å². The lowest BCUT2D eigenvalue weighted by atomic mass is 10.0. The fraction of sp³-hybridized carbons (Fsp3) is 0.222. The summed E-state index contributed by atoms with van der Waals surface area (Å²) in [6, 6.07) is 11.3. The first kappa shape index (κ1) is 19.5. The molecule has 0 aliphatic rings. The van der Waals surface area contributed by atoms with Crippen LogP contribution in [0.3, 0.4) is 0 Å². The highest BCUT2D eigenvalue weighted by Crippen LogP contribution is 2.29. The van der Waals surface area contributed by atoms with Gasteiger partial charge in [0, 0.05) is 6.42 Å². The largest absolute Gasteiger partial charge is 0.416 e. The van der Waals surface area contributed by atoms with E-state index in [1.54, 1.807) is 30.3 Å². The monoisotopic (exact) mass is 366 g/mol. The Morgan fingerprint density at radius 1 is 1.04 bits per heavy atom. The van der Waals surface area contributed by atoms with Crippen LogP contribution in [0.1, 0.15) is 22.8 Å². The Balaban J connectivity index is 2.07. The smallest absolute Gasteiger partial charge is 0.378 e. The molecule has 0 radical (unpaired) electrons. The second-order valence-electron chi connectivity index (χ2n) is 5.68. The summed E-state index contributed by atoms with van der Waals surface area (Å²) in [5, 5.41) is 12.4. The number of carbonyl (C=O) groups excluding carboxylic acids is 2. The van der Waals surface area contributed by atoms with Crippen molar-refractivity contribution in [3.8, 4) is 0 Å². The van der Waals surface area contributed by atoms with Gasteiger partial charge in [0.05, 0.1) is 5.56 Å². The Labute approximate surface area is 147 Å². The molecule has 2 aromatic rings. The Hall–Kier alpha value is -2.87. The third-order valence-electron chi connectivity index (χ3n) is 3.74. The molecular formula is C18H17F3N2O3. The number of amides is 2. The molecule has 26 heavy (non-hydrogen) atoms. The minimum absolute atomic E-state index is 0.0292. The van der Waals surface area contributed by atoms with Gasteiger partial charge >= 0.3 is 6.18 Å². The van der Waals surface area contributed by atoms with Crippen LogP contribution < -0.4 is 11.1 Å². The first-order valence-corrected chi connectivity index (χ1v) is 7.67. The van der Waals surface area contributed by atoms with Gasteiger partial charge in [0.25, 0.3) is 5.91 Å². The summed E-state index contributed by atoms with van der Waals surface area (Å²) in [5.41, 5.74) is 5.11. The first-order valence-electron chi connectivity index (χ1n) is 7.67. The Morgan fingerprint density at radius 2 is 1.62 bits per heavy atom. The van der Waals surface area contributed by atoms with Crippen molar-refractivity contribution in [3.05, 3.63) is 71.3 Å². The van der Waals surface area contributed by atoms with Crippen LogP contribution in [0, 0.1) is 0 Å². The van der Waals surface area contributed by atoms with Crippen molar-refractivity contribution in [1.82, 2.24) is 5.32 Å². The maximum atomic E-state index is 12.6. The van der Waals surface area contributed by atoms with Crippen molar-refractivity contribution in [1.29, 1.82) is 0 Å². The minimum atomic E-state index is -4.52.